The molecular weight excluding hydrogens is 390 g/mol. The molecule has 2 heterocycles. The van der Waals surface area contributed by atoms with Crippen LogP contribution in [0, 0.1) is 0 Å². The van der Waals surface area contributed by atoms with Crippen LogP contribution in [0.3, 0.4) is 0 Å². The van der Waals surface area contributed by atoms with Crippen molar-refractivity contribution in [2.24, 2.45) is 0 Å². The van der Waals surface area contributed by atoms with Crippen molar-refractivity contribution in [2.45, 2.75) is 19.9 Å². The zero-order valence-corrected chi connectivity index (χ0v) is 16.6. The summed E-state index contributed by atoms with van der Waals surface area (Å²) in [5.41, 5.74) is 3.19. The second-order valence-corrected chi connectivity index (χ2v) is 7.30. The largest absolute Gasteiger partial charge is 0.478 e. The Morgan fingerprint density at radius 1 is 1.14 bits per heavy atom. The smallest absolute Gasteiger partial charge is 0.337 e. The highest BCUT2D eigenvalue weighted by Crippen LogP contribution is 2.26. The molecule has 0 spiro atoms. The van der Waals surface area contributed by atoms with Crippen LogP contribution in [0.25, 0.3) is 28.0 Å². The van der Waals surface area contributed by atoms with Gasteiger partial charge in [-0.3, -0.25) is 4.98 Å². The molecule has 2 aromatic carbocycles. The number of carboxylic acids is 1. The summed E-state index contributed by atoms with van der Waals surface area (Å²) >= 11 is 6.10. The van der Waals surface area contributed by atoms with Gasteiger partial charge in [-0.1, -0.05) is 17.7 Å². The number of anilines is 1. The minimum absolute atomic E-state index is 0.0442. The summed E-state index contributed by atoms with van der Waals surface area (Å²) in [6.07, 6.45) is 5.01. The molecule has 29 heavy (non-hydrogen) atoms. The first-order valence-electron chi connectivity index (χ1n) is 9.02. The van der Waals surface area contributed by atoms with Gasteiger partial charge < -0.3 is 10.4 Å². The second kappa shape index (κ2) is 7.52. The molecule has 0 bridgehead atoms. The van der Waals surface area contributed by atoms with E-state index in [1.165, 1.54) is 6.07 Å². The quantitative estimate of drug-likeness (QED) is 0.500. The zero-order valence-electron chi connectivity index (χ0n) is 15.8. The van der Waals surface area contributed by atoms with Gasteiger partial charge >= 0.3 is 5.97 Å². The number of aromatic nitrogens is 4. The Morgan fingerprint density at radius 2 is 1.97 bits per heavy atom. The van der Waals surface area contributed by atoms with Crippen LogP contribution in [0.5, 0.6) is 0 Å². The molecule has 2 aromatic heterocycles. The van der Waals surface area contributed by atoms with Crippen LogP contribution in [0.4, 0.5) is 5.69 Å². The molecule has 0 fully saturated rings. The lowest BCUT2D eigenvalue weighted by Gasteiger charge is -2.11. The van der Waals surface area contributed by atoms with E-state index in [-0.39, 0.29) is 10.6 Å². The molecule has 0 aliphatic heterocycles. The minimum atomic E-state index is -1.07. The number of carboxylic acid groups (broad SMARTS) is 1. The number of nitrogens with one attached hydrogen (secondary N) is 1. The van der Waals surface area contributed by atoms with Crippen LogP contribution in [-0.2, 0) is 0 Å². The van der Waals surface area contributed by atoms with Gasteiger partial charge in [0.2, 0.25) is 0 Å². The lowest BCUT2D eigenvalue weighted by atomic mass is 10.1. The first kappa shape index (κ1) is 18.9. The lowest BCUT2D eigenvalue weighted by molar-refractivity contribution is 0.0697. The maximum Gasteiger partial charge on any atom is 0.337 e. The number of benzene rings is 2. The SMILES string of the molecule is CC(C)Nc1ccc2cnn(-c3cncc(-c4ccc(C(=O)O)c(Cl)c4)n3)c2c1. The highest BCUT2D eigenvalue weighted by Gasteiger charge is 2.13. The van der Waals surface area contributed by atoms with Crippen molar-refractivity contribution in [3.8, 4) is 17.1 Å². The average molecular weight is 408 g/mol. The van der Waals surface area contributed by atoms with E-state index in [1.54, 1.807) is 35.4 Å². The van der Waals surface area contributed by atoms with Crippen LogP contribution < -0.4 is 5.32 Å². The predicted molar refractivity (Wildman–Crippen MR) is 113 cm³/mol. The average Bonchev–Trinajstić information content (AvgIpc) is 3.10. The van der Waals surface area contributed by atoms with Crippen molar-refractivity contribution in [2.75, 3.05) is 5.32 Å². The molecule has 0 saturated carbocycles. The van der Waals surface area contributed by atoms with Crippen molar-refractivity contribution < 1.29 is 9.90 Å². The van der Waals surface area contributed by atoms with Gasteiger partial charge in [0.1, 0.15) is 0 Å². The van der Waals surface area contributed by atoms with Gasteiger partial charge in [0.15, 0.2) is 5.82 Å². The van der Waals surface area contributed by atoms with Crippen molar-refractivity contribution >= 4 is 34.2 Å². The fraction of sp³-hybridized carbons (Fsp3) is 0.143. The number of hydrogen-bond acceptors (Lipinski definition) is 5. The van der Waals surface area contributed by atoms with Gasteiger partial charge in [-0.05, 0) is 44.2 Å². The number of fused-ring (bicyclic) bond motifs is 1. The topological polar surface area (TPSA) is 92.9 Å². The molecule has 4 rings (SSSR count). The van der Waals surface area contributed by atoms with E-state index in [0.717, 1.165) is 16.6 Å². The molecule has 0 aliphatic carbocycles. The maximum atomic E-state index is 11.2. The van der Waals surface area contributed by atoms with E-state index in [9.17, 15) is 4.79 Å². The lowest BCUT2D eigenvalue weighted by Crippen LogP contribution is -2.09. The van der Waals surface area contributed by atoms with E-state index in [1.807, 2.05) is 18.2 Å². The minimum Gasteiger partial charge on any atom is -0.478 e. The van der Waals surface area contributed by atoms with Crippen molar-refractivity contribution in [3.05, 3.63) is 65.6 Å². The van der Waals surface area contributed by atoms with E-state index in [0.29, 0.717) is 23.1 Å². The number of carbonyl (C=O) groups is 1. The third-order valence-electron chi connectivity index (χ3n) is 4.36. The summed E-state index contributed by atoms with van der Waals surface area (Å²) in [6, 6.07) is 11.1. The number of rotatable bonds is 5. The molecule has 8 heteroatoms. The van der Waals surface area contributed by atoms with Crippen LogP contribution in [0.1, 0.15) is 24.2 Å². The van der Waals surface area contributed by atoms with E-state index in [2.05, 4.69) is 34.2 Å². The normalized spacial score (nSPS) is 11.2. The van der Waals surface area contributed by atoms with Crippen LogP contribution in [-0.4, -0.2) is 36.9 Å². The highest BCUT2D eigenvalue weighted by atomic mass is 35.5. The summed E-state index contributed by atoms with van der Waals surface area (Å²) in [5.74, 6) is -0.521. The van der Waals surface area contributed by atoms with Crippen molar-refractivity contribution in [1.82, 2.24) is 19.7 Å². The molecule has 0 radical (unpaired) electrons. The van der Waals surface area contributed by atoms with Crippen LogP contribution in [0.15, 0.2) is 55.0 Å². The summed E-state index contributed by atoms with van der Waals surface area (Å²) in [4.78, 5) is 20.1. The van der Waals surface area contributed by atoms with Crippen molar-refractivity contribution in [3.63, 3.8) is 0 Å². The monoisotopic (exact) mass is 407 g/mol. The first-order chi connectivity index (χ1) is 13.9. The van der Waals surface area contributed by atoms with E-state index < -0.39 is 5.97 Å². The first-order valence-corrected chi connectivity index (χ1v) is 9.40. The Morgan fingerprint density at radius 3 is 2.69 bits per heavy atom. The Balaban J connectivity index is 1.76. The van der Waals surface area contributed by atoms with Gasteiger partial charge in [-0.25, -0.2) is 14.5 Å². The van der Waals surface area contributed by atoms with Gasteiger partial charge in [0, 0.05) is 22.7 Å². The van der Waals surface area contributed by atoms with Gasteiger partial charge in [0.25, 0.3) is 0 Å². The highest BCUT2D eigenvalue weighted by molar-refractivity contribution is 6.33. The number of aromatic carboxylic acids is 1. The number of halogens is 1. The maximum absolute atomic E-state index is 11.2. The van der Waals surface area contributed by atoms with Crippen molar-refractivity contribution in [1.29, 1.82) is 0 Å². The van der Waals surface area contributed by atoms with Crippen LogP contribution >= 0.6 is 11.6 Å². The Hall–Kier alpha value is -3.45. The van der Waals surface area contributed by atoms with E-state index in [4.69, 9.17) is 16.7 Å². The molecule has 0 aliphatic rings. The second-order valence-electron chi connectivity index (χ2n) is 6.89. The Kier molecular flexibility index (Phi) is 4.90. The number of hydrogen-bond donors (Lipinski definition) is 2. The third kappa shape index (κ3) is 3.77. The molecule has 4 aromatic rings. The molecule has 0 unspecified atom stereocenters. The molecule has 0 atom stereocenters. The fourth-order valence-electron chi connectivity index (χ4n) is 3.07. The Bertz CT molecular complexity index is 1220. The molecule has 146 valence electrons. The number of nitrogens with zero attached hydrogens (tertiary/aromatic N) is 4. The van der Waals surface area contributed by atoms with E-state index >= 15 is 0 Å². The van der Waals surface area contributed by atoms with Crippen LogP contribution in [0.2, 0.25) is 5.02 Å². The fourth-order valence-corrected chi connectivity index (χ4v) is 3.33. The van der Waals surface area contributed by atoms with Gasteiger partial charge in [-0.15, -0.1) is 0 Å². The summed E-state index contributed by atoms with van der Waals surface area (Å²) < 4.78 is 1.73. The standard InChI is InChI=1S/C21H18ClN5O2/c1-12(2)25-15-5-3-14-9-24-27(19(14)8-15)20-11-23-10-18(26-20)13-4-6-16(21(28)29)17(22)7-13/h3-12,25H,1-2H3,(H,28,29). The molecule has 0 saturated heterocycles. The third-order valence-corrected chi connectivity index (χ3v) is 4.67. The predicted octanol–water partition coefficient (Wildman–Crippen LogP) is 4.65. The molecule has 2 N–H and O–H groups in total. The van der Waals surface area contributed by atoms with Gasteiger partial charge in [-0.2, -0.15) is 5.10 Å². The molecular formula is C21H18ClN5O2. The zero-order chi connectivity index (χ0) is 20.5. The molecule has 7 nitrogen and oxygen atoms in total. The Labute approximate surface area is 172 Å². The summed E-state index contributed by atoms with van der Waals surface area (Å²) in [7, 11) is 0. The molecule has 0 amide bonds. The summed E-state index contributed by atoms with van der Waals surface area (Å²) in [5, 5.41) is 18.1. The summed E-state index contributed by atoms with van der Waals surface area (Å²) in [6.45, 7) is 4.16. The van der Waals surface area contributed by atoms with Gasteiger partial charge in [0.05, 0.1) is 40.4 Å².